The average Bonchev–Trinajstić information content (AvgIpc) is 1.67. The van der Waals surface area contributed by atoms with Gasteiger partial charge in [0.15, 0.2) is 0 Å². The van der Waals surface area contributed by atoms with Crippen LogP contribution in [0.15, 0.2) is 0 Å². The van der Waals surface area contributed by atoms with Crippen LogP contribution >= 0.6 is 12.6 Å². The first kappa shape index (κ1) is 11.7. The van der Waals surface area contributed by atoms with Gasteiger partial charge in [-0.05, 0) is 6.42 Å². The third kappa shape index (κ3) is 5.82. The summed E-state index contributed by atoms with van der Waals surface area (Å²) in [6.45, 7) is 1.90. The van der Waals surface area contributed by atoms with Crippen LogP contribution in [0.1, 0.15) is 19.8 Å². The first-order valence-corrected chi connectivity index (χ1v) is 3.04. The molecule has 0 heterocycles. The Morgan fingerprint density at radius 1 is 1.78 bits per heavy atom. The molecule has 0 aromatic carbocycles. The molecule has 56 valence electrons. The van der Waals surface area contributed by atoms with Gasteiger partial charge in [0, 0.05) is 0 Å². The van der Waals surface area contributed by atoms with Crippen LogP contribution in [0.2, 0.25) is 0 Å². The van der Waals surface area contributed by atoms with Gasteiger partial charge in [-0.1, -0.05) is 13.3 Å². The fraction of sp³-hybridized carbons (Fsp3) is 0.800. The highest BCUT2D eigenvalue weighted by molar-refractivity contribution is 7.96. The maximum atomic E-state index is 10.1. The van der Waals surface area contributed by atoms with Crippen molar-refractivity contribution in [1.29, 1.82) is 0 Å². The molecule has 4 heteroatoms. The van der Waals surface area contributed by atoms with E-state index >= 15 is 0 Å². The van der Waals surface area contributed by atoms with Gasteiger partial charge in [0.25, 0.3) is 0 Å². The summed E-state index contributed by atoms with van der Waals surface area (Å²) >= 11 is 3.44. The van der Waals surface area contributed by atoms with Gasteiger partial charge in [-0.2, -0.15) is 0 Å². The summed E-state index contributed by atoms with van der Waals surface area (Å²) in [6.07, 6.45) is 0.471. The Kier molecular flexibility index (Phi) is 7.89. The van der Waals surface area contributed by atoms with Crippen molar-refractivity contribution in [3.05, 3.63) is 0 Å². The molecule has 0 radical (unpaired) electrons. The Morgan fingerprint density at radius 2 is 2.22 bits per heavy atom. The van der Waals surface area contributed by atoms with Crippen LogP contribution in [0.4, 0.5) is 0 Å². The number of aliphatic hydroxyl groups is 1. The van der Waals surface area contributed by atoms with E-state index < -0.39 is 11.2 Å². The minimum absolute atomic E-state index is 0. The van der Waals surface area contributed by atoms with Crippen LogP contribution in [-0.4, -0.2) is 16.3 Å². The second kappa shape index (κ2) is 6.07. The minimum atomic E-state index is -0.858. The Morgan fingerprint density at radius 3 is 2.33 bits per heavy atom. The van der Waals surface area contributed by atoms with E-state index in [2.05, 4.69) is 12.6 Å². The maximum Gasteiger partial charge on any atom is 0.214 e. The van der Waals surface area contributed by atoms with Crippen LogP contribution in [0.3, 0.4) is 0 Å². The van der Waals surface area contributed by atoms with Crippen molar-refractivity contribution in [1.82, 2.24) is 6.15 Å². The highest BCUT2D eigenvalue weighted by Crippen LogP contribution is 1.98. The summed E-state index contributed by atoms with van der Waals surface area (Å²) in [6, 6.07) is 0. The van der Waals surface area contributed by atoms with E-state index in [4.69, 9.17) is 5.11 Å². The predicted octanol–water partition coefficient (Wildman–Crippen LogP) is 0.766. The molecule has 0 bridgehead atoms. The lowest BCUT2D eigenvalue weighted by Gasteiger charge is -2.00. The Balaban J connectivity index is 0. The van der Waals surface area contributed by atoms with E-state index in [1.165, 1.54) is 0 Å². The summed E-state index contributed by atoms with van der Waals surface area (Å²) < 4.78 is 0. The third-order valence-electron chi connectivity index (χ3n) is 0.847. The zero-order valence-corrected chi connectivity index (χ0v) is 6.40. The smallest absolute Gasteiger partial charge is 0.214 e. The van der Waals surface area contributed by atoms with Crippen molar-refractivity contribution in [2.45, 2.75) is 25.9 Å². The summed E-state index contributed by atoms with van der Waals surface area (Å²) in [5, 5.41) is 8.26. The lowest BCUT2D eigenvalue weighted by atomic mass is 10.2. The third-order valence-corrected chi connectivity index (χ3v) is 1.15. The fourth-order valence-corrected chi connectivity index (χ4v) is 0.526. The van der Waals surface area contributed by atoms with Gasteiger partial charge in [0.1, 0.15) is 6.10 Å². The molecule has 1 atom stereocenters. The maximum absolute atomic E-state index is 10.1. The standard InChI is InChI=1S/C5H10O2S.H3N/c1-2-3-4(6)5(7)8;/h4,6H,2-3H2,1H3,(H,7,8);1H3. The number of hydrogen-bond acceptors (Lipinski definition) is 3. The van der Waals surface area contributed by atoms with E-state index in [1.807, 2.05) is 6.92 Å². The van der Waals surface area contributed by atoms with Gasteiger partial charge in [0.2, 0.25) is 5.12 Å². The van der Waals surface area contributed by atoms with Crippen molar-refractivity contribution < 1.29 is 9.90 Å². The summed E-state index contributed by atoms with van der Waals surface area (Å²) in [4.78, 5) is 10.1. The highest BCUT2D eigenvalue weighted by Gasteiger charge is 2.07. The molecule has 0 aliphatic rings. The van der Waals surface area contributed by atoms with E-state index in [-0.39, 0.29) is 6.15 Å². The molecule has 0 aliphatic heterocycles. The van der Waals surface area contributed by atoms with Crippen molar-refractivity contribution in [3.63, 3.8) is 0 Å². The zero-order chi connectivity index (χ0) is 6.57. The van der Waals surface area contributed by atoms with Crippen LogP contribution in [0.25, 0.3) is 0 Å². The monoisotopic (exact) mass is 151 g/mol. The molecule has 0 aromatic rings. The van der Waals surface area contributed by atoms with Gasteiger partial charge in [-0.15, -0.1) is 12.6 Å². The molecule has 9 heavy (non-hydrogen) atoms. The SMILES string of the molecule is CCCC(O)C(=O)S.N. The Bertz CT molecular complexity index is 87.0. The lowest BCUT2D eigenvalue weighted by Crippen LogP contribution is -2.13. The number of carbonyl (C=O) groups is 1. The van der Waals surface area contributed by atoms with Gasteiger partial charge < -0.3 is 11.3 Å². The van der Waals surface area contributed by atoms with Crippen molar-refractivity contribution in [2.24, 2.45) is 0 Å². The molecule has 0 saturated carbocycles. The van der Waals surface area contributed by atoms with Crippen molar-refractivity contribution in [2.75, 3.05) is 0 Å². The van der Waals surface area contributed by atoms with Crippen LogP contribution in [0, 0.1) is 0 Å². The molecular formula is C5H13NO2S. The zero-order valence-electron chi connectivity index (χ0n) is 5.50. The second-order valence-corrected chi connectivity index (χ2v) is 2.08. The van der Waals surface area contributed by atoms with E-state index in [0.717, 1.165) is 6.42 Å². The molecular weight excluding hydrogens is 138 g/mol. The molecule has 0 rings (SSSR count). The molecule has 0 fully saturated rings. The number of carbonyl (C=O) groups excluding carboxylic acids is 1. The fourth-order valence-electron chi connectivity index (χ4n) is 0.397. The average molecular weight is 151 g/mol. The molecule has 4 N–H and O–H groups in total. The molecule has 1 unspecified atom stereocenters. The molecule has 0 saturated heterocycles. The quantitative estimate of drug-likeness (QED) is 0.521. The van der Waals surface area contributed by atoms with Crippen LogP contribution in [0.5, 0.6) is 0 Å². The van der Waals surface area contributed by atoms with Crippen LogP contribution < -0.4 is 6.15 Å². The van der Waals surface area contributed by atoms with Crippen molar-refractivity contribution in [3.8, 4) is 0 Å². The molecule has 3 nitrogen and oxygen atoms in total. The lowest BCUT2D eigenvalue weighted by molar-refractivity contribution is -0.118. The summed E-state index contributed by atoms with van der Waals surface area (Å²) in [5.41, 5.74) is 0. The predicted molar refractivity (Wildman–Crippen MR) is 39.9 cm³/mol. The van der Waals surface area contributed by atoms with E-state index in [0.29, 0.717) is 6.42 Å². The topological polar surface area (TPSA) is 72.3 Å². The highest BCUT2D eigenvalue weighted by atomic mass is 32.1. The molecule has 0 aliphatic carbocycles. The Hall–Kier alpha value is -0.0600. The number of aliphatic hydroxyl groups excluding tert-OH is 1. The first-order chi connectivity index (χ1) is 3.68. The van der Waals surface area contributed by atoms with Crippen molar-refractivity contribution >= 4 is 17.7 Å². The number of hydrogen-bond donors (Lipinski definition) is 3. The largest absolute Gasteiger partial charge is 0.384 e. The number of rotatable bonds is 3. The molecule has 0 aromatic heterocycles. The minimum Gasteiger partial charge on any atom is -0.384 e. The first-order valence-electron chi connectivity index (χ1n) is 2.59. The van der Waals surface area contributed by atoms with Gasteiger partial charge in [0.05, 0.1) is 0 Å². The van der Waals surface area contributed by atoms with E-state index in [1.54, 1.807) is 0 Å². The van der Waals surface area contributed by atoms with Gasteiger partial charge in [-0.25, -0.2) is 0 Å². The summed E-state index contributed by atoms with van der Waals surface area (Å²) in [7, 11) is 0. The molecule has 0 amide bonds. The van der Waals surface area contributed by atoms with Gasteiger partial charge >= 0.3 is 0 Å². The van der Waals surface area contributed by atoms with Gasteiger partial charge in [-0.3, -0.25) is 4.79 Å². The second-order valence-electron chi connectivity index (χ2n) is 1.64. The molecule has 0 spiro atoms. The van der Waals surface area contributed by atoms with E-state index in [9.17, 15) is 4.79 Å². The normalized spacial score (nSPS) is 11.9. The Labute approximate surface area is 60.4 Å². The van der Waals surface area contributed by atoms with Crippen LogP contribution in [-0.2, 0) is 4.79 Å². The summed E-state index contributed by atoms with van der Waals surface area (Å²) in [5.74, 6) is 0. The number of thiol groups is 1.